The van der Waals surface area contributed by atoms with E-state index in [1.54, 1.807) is 12.4 Å². The van der Waals surface area contributed by atoms with Crippen LogP contribution in [0.15, 0.2) is 59.6 Å². The number of aliphatic hydroxyl groups excluding tert-OH is 1. The average molecular weight is 455 g/mol. The molecule has 0 unspecified atom stereocenters. The van der Waals surface area contributed by atoms with Crippen LogP contribution in [0, 0.1) is 11.3 Å². The van der Waals surface area contributed by atoms with E-state index in [9.17, 15) is 13.5 Å². The highest BCUT2D eigenvalue weighted by Crippen LogP contribution is 2.28. The largest absolute Gasteiger partial charge is 0.511 e. The summed E-state index contributed by atoms with van der Waals surface area (Å²) in [5, 5.41) is 18.4. The second-order valence-electron chi connectivity index (χ2n) is 8.36. The minimum Gasteiger partial charge on any atom is -0.511 e. The first-order chi connectivity index (χ1) is 15.1. The Balaban J connectivity index is 1.90. The molecule has 0 saturated carbocycles. The molecule has 1 aromatic carbocycles. The molecule has 2 aromatic heterocycles. The zero-order valence-corrected chi connectivity index (χ0v) is 19.7. The van der Waals surface area contributed by atoms with Gasteiger partial charge in [-0.15, -0.1) is 0 Å². The van der Waals surface area contributed by atoms with Crippen LogP contribution in [0.5, 0.6) is 0 Å². The van der Waals surface area contributed by atoms with Crippen molar-refractivity contribution in [3.63, 3.8) is 0 Å². The van der Waals surface area contributed by atoms with E-state index < -0.39 is 10.0 Å². The van der Waals surface area contributed by atoms with Crippen molar-refractivity contribution < 1.29 is 13.5 Å². The zero-order chi connectivity index (χ0) is 23.5. The molecule has 3 rings (SSSR count). The molecule has 7 nitrogen and oxygen atoms in total. The summed E-state index contributed by atoms with van der Waals surface area (Å²) in [7, 11) is -3.96. The fourth-order valence-electron chi connectivity index (χ4n) is 3.90. The summed E-state index contributed by atoms with van der Waals surface area (Å²) in [6.07, 6.45) is 6.13. The van der Waals surface area contributed by atoms with Gasteiger partial charge in [0.1, 0.15) is 10.7 Å². The first-order valence-corrected chi connectivity index (χ1v) is 12.1. The van der Waals surface area contributed by atoms with Gasteiger partial charge in [-0.05, 0) is 61.1 Å². The fourth-order valence-corrected chi connectivity index (χ4v) is 5.20. The van der Waals surface area contributed by atoms with Crippen molar-refractivity contribution in [2.24, 2.45) is 5.92 Å². The predicted octanol–water partition coefficient (Wildman–Crippen LogP) is 4.65. The van der Waals surface area contributed by atoms with E-state index in [4.69, 9.17) is 5.41 Å². The maximum absolute atomic E-state index is 12.5. The number of aliphatic hydroxyl groups is 1. The van der Waals surface area contributed by atoms with E-state index >= 15 is 0 Å². The Morgan fingerprint density at radius 3 is 2.44 bits per heavy atom. The Bertz CT molecular complexity index is 1260. The number of hydrogen-bond donors (Lipinski definition) is 3. The minimum absolute atomic E-state index is 0.166. The maximum atomic E-state index is 12.5. The number of sulfonamides is 1. The summed E-state index contributed by atoms with van der Waals surface area (Å²) in [5.74, 6) is 0.0690. The topological polar surface area (TPSA) is 108 Å². The number of allylic oxidation sites excluding steroid dienone is 2. The first kappa shape index (κ1) is 23.7. The van der Waals surface area contributed by atoms with Crippen LogP contribution in [-0.2, 0) is 23.0 Å². The predicted molar refractivity (Wildman–Crippen MR) is 129 cm³/mol. The van der Waals surface area contributed by atoms with Gasteiger partial charge in [0.25, 0.3) is 0 Å². The maximum Gasteiger partial charge on any atom is 0.245 e. The second-order valence-corrected chi connectivity index (χ2v) is 10.1. The molecular formula is C24H30N4O3S. The summed E-state index contributed by atoms with van der Waals surface area (Å²) in [6.45, 7) is 7.96. The van der Waals surface area contributed by atoms with E-state index in [1.165, 1.54) is 13.8 Å². The molecule has 32 heavy (non-hydrogen) atoms. The van der Waals surface area contributed by atoms with Crippen molar-refractivity contribution in [3.05, 3.63) is 65.2 Å². The Labute approximate surface area is 189 Å². The van der Waals surface area contributed by atoms with Crippen LogP contribution in [0.25, 0.3) is 22.0 Å². The smallest absolute Gasteiger partial charge is 0.245 e. The molecule has 0 amide bonds. The third kappa shape index (κ3) is 5.26. The van der Waals surface area contributed by atoms with Gasteiger partial charge in [0.05, 0.1) is 5.71 Å². The number of pyridine rings is 1. The highest BCUT2D eigenvalue weighted by atomic mass is 32.2. The van der Waals surface area contributed by atoms with E-state index in [0.717, 1.165) is 34.1 Å². The average Bonchev–Trinajstić information content (AvgIpc) is 3.03. The summed E-state index contributed by atoms with van der Waals surface area (Å²) in [4.78, 5) is 3.71. The van der Waals surface area contributed by atoms with Crippen LogP contribution < -0.4 is 4.72 Å². The van der Waals surface area contributed by atoms with E-state index in [-0.39, 0.29) is 22.9 Å². The van der Waals surface area contributed by atoms with Gasteiger partial charge in [-0.3, -0.25) is 4.98 Å². The summed E-state index contributed by atoms with van der Waals surface area (Å²) in [5.41, 5.74) is 4.14. The minimum atomic E-state index is -3.96. The second kappa shape index (κ2) is 9.67. The highest BCUT2D eigenvalue weighted by Gasteiger charge is 2.22. The van der Waals surface area contributed by atoms with Gasteiger partial charge in [-0.1, -0.05) is 26.0 Å². The molecule has 8 heteroatoms. The Hall–Kier alpha value is -2.97. The normalized spacial score (nSPS) is 12.9. The Morgan fingerprint density at radius 1 is 1.16 bits per heavy atom. The monoisotopic (exact) mass is 454 g/mol. The molecule has 0 aliphatic heterocycles. The van der Waals surface area contributed by atoms with Crippen molar-refractivity contribution in [2.45, 2.75) is 40.7 Å². The lowest BCUT2D eigenvalue weighted by Crippen LogP contribution is -2.30. The number of fused-ring (bicyclic) bond motifs is 1. The number of nitrogens with zero attached hydrogens (tertiary/aromatic N) is 2. The number of aromatic nitrogens is 2. The SMILES string of the molecule is CC(=N)/C(=C(/C)O)S(=O)(=O)NCCc1cn(CC(C)C)c2cc(-c3ccncc3)ccc12. The van der Waals surface area contributed by atoms with Gasteiger partial charge < -0.3 is 15.1 Å². The standard InChI is InChI=1S/C24H30N4O3S/c1-16(2)14-28-15-21(9-12-27-32(30,31)24(17(3)25)18(4)29)22-6-5-20(13-23(22)28)19-7-10-26-11-8-19/h5-8,10-11,13,15-16,25,27,29H,9,12,14H2,1-4H3/b24-18+,25-17?. The van der Waals surface area contributed by atoms with Gasteiger partial charge in [0.15, 0.2) is 0 Å². The van der Waals surface area contributed by atoms with Gasteiger partial charge >= 0.3 is 0 Å². The van der Waals surface area contributed by atoms with Crippen LogP contribution in [0.2, 0.25) is 0 Å². The van der Waals surface area contributed by atoms with Gasteiger partial charge in [0, 0.05) is 42.6 Å². The van der Waals surface area contributed by atoms with Crippen molar-refractivity contribution in [1.82, 2.24) is 14.3 Å². The molecule has 0 aliphatic carbocycles. The molecule has 0 atom stereocenters. The summed E-state index contributed by atoms with van der Waals surface area (Å²) < 4.78 is 29.8. The lowest BCUT2D eigenvalue weighted by Gasteiger charge is -2.10. The molecule has 170 valence electrons. The highest BCUT2D eigenvalue weighted by molar-refractivity contribution is 7.94. The van der Waals surface area contributed by atoms with E-state index in [1.807, 2.05) is 12.1 Å². The fraction of sp³-hybridized carbons (Fsp3) is 0.333. The number of benzene rings is 1. The van der Waals surface area contributed by atoms with E-state index in [0.29, 0.717) is 12.3 Å². The number of rotatable bonds is 9. The quantitative estimate of drug-likeness (QED) is 0.323. The Morgan fingerprint density at radius 2 is 1.84 bits per heavy atom. The van der Waals surface area contributed by atoms with Crippen LogP contribution in [0.4, 0.5) is 0 Å². The molecule has 2 heterocycles. The molecule has 0 radical (unpaired) electrons. The van der Waals surface area contributed by atoms with Gasteiger partial charge in [-0.2, -0.15) is 0 Å². The van der Waals surface area contributed by atoms with Crippen molar-refractivity contribution >= 4 is 26.6 Å². The van der Waals surface area contributed by atoms with Gasteiger partial charge in [-0.25, -0.2) is 13.1 Å². The van der Waals surface area contributed by atoms with Crippen LogP contribution >= 0.6 is 0 Å². The molecule has 0 fully saturated rings. The molecule has 0 aliphatic rings. The first-order valence-electron chi connectivity index (χ1n) is 10.6. The zero-order valence-electron chi connectivity index (χ0n) is 18.9. The van der Waals surface area contributed by atoms with Crippen LogP contribution in [-0.4, -0.2) is 35.3 Å². The van der Waals surface area contributed by atoms with Crippen molar-refractivity contribution in [1.29, 1.82) is 5.41 Å². The number of nitrogens with one attached hydrogen (secondary N) is 2. The molecule has 0 bridgehead atoms. The molecule has 3 N–H and O–H groups in total. The van der Waals surface area contributed by atoms with Gasteiger partial charge in [0.2, 0.25) is 10.0 Å². The third-order valence-electron chi connectivity index (χ3n) is 5.16. The molecule has 0 spiro atoms. The van der Waals surface area contributed by atoms with Crippen LogP contribution in [0.3, 0.4) is 0 Å². The number of hydrogen-bond acceptors (Lipinski definition) is 5. The van der Waals surface area contributed by atoms with E-state index in [2.05, 4.69) is 52.5 Å². The van der Waals surface area contributed by atoms with Crippen LogP contribution in [0.1, 0.15) is 33.3 Å². The third-order valence-corrected chi connectivity index (χ3v) is 6.89. The van der Waals surface area contributed by atoms with Crippen molar-refractivity contribution in [3.8, 4) is 11.1 Å². The molecule has 0 saturated heterocycles. The molecule has 3 aromatic rings. The lowest BCUT2D eigenvalue weighted by molar-refractivity contribution is 0.412. The Kier molecular flexibility index (Phi) is 7.16. The molecular weight excluding hydrogens is 424 g/mol. The summed E-state index contributed by atoms with van der Waals surface area (Å²) in [6, 6.07) is 10.3. The lowest BCUT2D eigenvalue weighted by atomic mass is 10.0. The van der Waals surface area contributed by atoms with Crippen molar-refractivity contribution in [2.75, 3.05) is 6.54 Å². The summed E-state index contributed by atoms with van der Waals surface area (Å²) >= 11 is 0.